The van der Waals surface area contributed by atoms with Gasteiger partial charge < -0.3 is 5.32 Å². The number of nitrogens with one attached hydrogen (secondary N) is 1. The molecule has 1 aliphatic rings. The van der Waals surface area contributed by atoms with Gasteiger partial charge in [0.1, 0.15) is 0 Å². The fraction of sp³-hybridized carbons (Fsp3) is 0.368. The topological polar surface area (TPSA) is 76.1 Å². The smallest absolute Gasteiger partial charge is 0.226 e. The summed E-state index contributed by atoms with van der Waals surface area (Å²) in [5.41, 5.74) is 3.21. The number of aryl methyl sites for hydroxylation is 2. The number of hydrogen-bond acceptors (Lipinski definition) is 5. The number of thiazole rings is 1. The zero-order valence-corrected chi connectivity index (χ0v) is 16.5. The molecular formula is C19H22N2O3S2. The number of sulfone groups is 1. The summed E-state index contributed by atoms with van der Waals surface area (Å²) in [6, 6.07) is 8.35. The standard InChI is InChI=1S/C19H22N2O3S2/c1-3-4-14-5-7-16(8-6-14)18-13(2)25-19(21-18)20-17(22)11-15-9-10-26(23,24)12-15/h5-10,15H,3-4,11-12H2,1-2H3,(H,20,21,22). The van der Waals surface area contributed by atoms with Crippen LogP contribution >= 0.6 is 11.3 Å². The second kappa shape index (κ2) is 7.72. The zero-order chi connectivity index (χ0) is 18.7. The summed E-state index contributed by atoms with van der Waals surface area (Å²) in [7, 11) is -3.13. The Morgan fingerprint density at radius 3 is 2.65 bits per heavy atom. The molecule has 1 N–H and O–H groups in total. The third-order valence-electron chi connectivity index (χ3n) is 4.26. The molecule has 2 aromatic rings. The van der Waals surface area contributed by atoms with Crippen molar-refractivity contribution in [3.8, 4) is 11.3 Å². The van der Waals surface area contributed by atoms with E-state index in [-0.39, 0.29) is 24.0 Å². The summed E-state index contributed by atoms with van der Waals surface area (Å²) < 4.78 is 22.8. The lowest BCUT2D eigenvalue weighted by molar-refractivity contribution is -0.116. The second-order valence-corrected chi connectivity index (χ2v) is 9.68. The van der Waals surface area contributed by atoms with E-state index in [4.69, 9.17) is 0 Å². The number of allylic oxidation sites excluding steroid dienone is 1. The number of rotatable bonds is 6. The summed E-state index contributed by atoms with van der Waals surface area (Å²) in [5, 5.41) is 4.54. The lowest BCUT2D eigenvalue weighted by atomic mass is 10.1. The minimum absolute atomic E-state index is 0.00662. The molecule has 1 atom stereocenters. The van der Waals surface area contributed by atoms with Gasteiger partial charge >= 0.3 is 0 Å². The molecule has 7 heteroatoms. The van der Waals surface area contributed by atoms with E-state index in [0.717, 1.165) is 29.0 Å². The third-order valence-corrected chi connectivity index (χ3v) is 6.61. The van der Waals surface area contributed by atoms with Gasteiger partial charge in [0, 0.05) is 28.2 Å². The summed E-state index contributed by atoms with van der Waals surface area (Å²) in [4.78, 5) is 17.8. The monoisotopic (exact) mass is 390 g/mol. The predicted molar refractivity (Wildman–Crippen MR) is 106 cm³/mol. The van der Waals surface area contributed by atoms with E-state index >= 15 is 0 Å². The number of anilines is 1. The van der Waals surface area contributed by atoms with Crippen molar-refractivity contribution in [3.05, 3.63) is 46.2 Å². The first-order valence-electron chi connectivity index (χ1n) is 8.64. The van der Waals surface area contributed by atoms with Gasteiger partial charge in [-0.25, -0.2) is 13.4 Å². The van der Waals surface area contributed by atoms with Gasteiger partial charge in [0.05, 0.1) is 11.4 Å². The lowest BCUT2D eigenvalue weighted by Gasteiger charge is -2.05. The van der Waals surface area contributed by atoms with Gasteiger partial charge in [-0.1, -0.05) is 43.7 Å². The van der Waals surface area contributed by atoms with Crippen LogP contribution in [0.15, 0.2) is 35.7 Å². The van der Waals surface area contributed by atoms with E-state index in [0.29, 0.717) is 5.13 Å². The maximum absolute atomic E-state index is 12.2. The van der Waals surface area contributed by atoms with Crippen molar-refractivity contribution in [1.29, 1.82) is 0 Å². The number of carbonyl (C=O) groups is 1. The maximum atomic E-state index is 12.2. The molecule has 0 saturated carbocycles. The van der Waals surface area contributed by atoms with Crippen LogP contribution in [0.4, 0.5) is 5.13 Å². The molecule has 0 saturated heterocycles. The molecule has 1 aromatic carbocycles. The molecule has 2 heterocycles. The predicted octanol–water partition coefficient (Wildman–Crippen LogP) is 3.96. The molecule has 1 aromatic heterocycles. The molecule has 0 radical (unpaired) electrons. The Balaban J connectivity index is 1.66. The van der Waals surface area contributed by atoms with Crippen molar-refractivity contribution in [1.82, 2.24) is 4.98 Å². The largest absolute Gasteiger partial charge is 0.302 e. The van der Waals surface area contributed by atoms with E-state index in [1.54, 1.807) is 6.08 Å². The van der Waals surface area contributed by atoms with E-state index in [2.05, 4.69) is 41.5 Å². The molecule has 0 spiro atoms. The van der Waals surface area contributed by atoms with E-state index in [1.807, 2.05) is 6.92 Å². The minimum Gasteiger partial charge on any atom is -0.302 e. The molecule has 0 aliphatic carbocycles. The highest BCUT2D eigenvalue weighted by Gasteiger charge is 2.24. The molecule has 26 heavy (non-hydrogen) atoms. The zero-order valence-electron chi connectivity index (χ0n) is 14.9. The Morgan fingerprint density at radius 2 is 2.04 bits per heavy atom. The Kier molecular flexibility index (Phi) is 5.58. The molecule has 1 amide bonds. The highest BCUT2D eigenvalue weighted by atomic mass is 32.2. The van der Waals surface area contributed by atoms with Gasteiger partial charge in [0.15, 0.2) is 15.0 Å². The van der Waals surface area contributed by atoms with Crippen LogP contribution in [-0.2, 0) is 21.1 Å². The fourth-order valence-electron chi connectivity index (χ4n) is 3.01. The summed E-state index contributed by atoms with van der Waals surface area (Å²) in [5.74, 6) is -0.464. The number of amides is 1. The first kappa shape index (κ1) is 18.8. The van der Waals surface area contributed by atoms with Gasteiger partial charge in [-0.2, -0.15) is 0 Å². The van der Waals surface area contributed by atoms with Crippen molar-refractivity contribution in [2.24, 2.45) is 5.92 Å². The summed E-state index contributed by atoms with van der Waals surface area (Å²) >= 11 is 1.43. The normalized spacial score (nSPS) is 18.2. The molecular weight excluding hydrogens is 368 g/mol. The van der Waals surface area contributed by atoms with Crippen LogP contribution in [0.3, 0.4) is 0 Å². The molecule has 3 rings (SSSR count). The fourth-order valence-corrected chi connectivity index (χ4v) is 5.26. The molecule has 0 fully saturated rings. The van der Waals surface area contributed by atoms with E-state index < -0.39 is 9.84 Å². The third kappa shape index (κ3) is 4.59. The molecule has 0 bridgehead atoms. The molecule has 1 unspecified atom stereocenters. The Hall–Kier alpha value is -1.99. The highest BCUT2D eigenvalue weighted by Crippen LogP contribution is 2.31. The summed E-state index contributed by atoms with van der Waals surface area (Å²) in [6.45, 7) is 4.14. The van der Waals surface area contributed by atoms with Crippen LogP contribution in [0.2, 0.25) is 0 Å². The number of carbonyl (C=O) groups excluding carboxylic acids is 1. The summed E-state index contributed by atoms with van der Waals surface area (Å²) in [6.07, 6.45) is 3.91. The van der Waals surface area contributed by atoms with Gasteiger partial charge in [0.2, 0.25) is 5.91 Å². The second-order valence-electron chi connectivity index (χ2n) is 6.54. The van der Waals surface area contributed by atoms with Crippen molar-refractivity contribution >= 4 is 32.2 Å². The van der Waals surface area contributed by atoms with Gasteiger partial charge in [-0.3, -0.25) is 4.79 Å². The van der Waals surface area contributed by atoms with Crippen LogP contribution in [0.1, 0.15) is 30.2 Å². The van der Waals surface area contributed by atoms with Crippen LogP contribution in [0.5, 0.6) is 0 Å². The number of hydrogen-bond donors (Lipinski definition) is 1. The first-order chi connectivity index (χ1) is 12.4. The van der Waals surface area contributed by atoms with Crippen molar-refractivity contribution in [3.63, 3.8) is 0 Å². The molecule has 138 valence electrons. The van der Waals surface area contributed by atoms with E-state index in [9.17, 15) is 13.2 Å². The number of nitrogens with zero attached hydrogens (tertiary/aromatic N) is 1. The average Bonchev–Trinajstić information content (AvgIpc) is 3.10. The van der Waals surface area contributed by atoms with Crippen molar-refractivity contribution < 1.29 is 13.2 Å². The maximum Gasteiger partial charge on any atom is 0.226 e. The average molecular weight is 391 g/mol. The SMILES string of the molecule is CCCc1ccc(-c2nc(NC(=O)CC3C=CS(=O)(=O)C3)sc2C)cc1. The van der Waals surface area contributed by atoms with E-state index in [1.165, 1.54) is 22.3 Å². The number of benzene rings is 1. The Morgan fingerprint density at radius 1 is 1.31 bits per heavy atom. The van der Waals surface area contributed by atoms with Crippen LogP contribution in [0.25, 0.3) is 11.3 Å². The van der Waals surface area contributed by atoms with Crippen LogP contribution < -0.4 is 5.32 Å². The van der Waals surface area contributed by atoms with Gasteiger partial charge in [0.25, 0.3) is 0 Å². The Labute approximate surface area is 158 Å². The lowest BCUT2D eigenvalue weighted by Crippen LogP contribution is -2.17. The first-order valence-corrected chi connectivity index (χ1v) is 11.2. The number of aromatic nitrogens is 1. The molecule has 5 nitrogen and oxygen atoms in total. The van der Waals surface area contributed by atoms with Gasteiger partial charge in [-0.05, 0) is 18.9 Å². The van der Waals surface area contributed by atoms with Gasteiger partial charge in [-0.15, -0.1) is 11.3 Å². The van der Waals surface area contributed by atoms with Crippen LogP contribution in [-0.4, -0.2) is 25.1 Å². The van der Waals surface area contributed by atoms with Crippen molar-refractivity contribution in [2.45, 2.75) is 33.1 Å². The van der Waals surface area contributed by atoms with Crippen LogP contribution in [0, 0.1) is 12.8 Å². The van der Waals surface area contributed by atoms with Crippen molar-refractivity contribution in [2.75, 3.05) is 11.1 Å². The molecule has 1 aliphatic heterocycles. The Bertz CT molecular complexity index is 928. The minimum atomic E-state index is -3.13. The highest BCUT2D eigenvalue weighted by molar-refractivity contribution is 7.94. The quantitative estimate of drug-likeness (QED) is 0.810.